The number of aryl methyl sites for hydroxylation is 1. The van der Waals surface area contributed by atoms with Gasteiger partial charge < -0.3 is 10.2 Å². The summed E-state index contributed by atoms with van der Waals surface area (Å²) in [5, 5.41) is 3.12. The Morgan fingerprint density at radius 1 is 1.19 bits per heavy atom. The summed E-state index contributed by atoms with van der Waals surface area (Å²) in [5.74, 6) is -0.223. The van der Waals surface area contributed by atoms with Crippen LogP contribution in [0.1, 0.15) is 28.8 Å². The molecular formula is C19H22N4O3S. The fourth-order valence-electron chi connectivity index (χ4n) is 2.84. The molecular weight excluding hydrogens is 364 g/mol. The second-order valence-corrected chi connectivity index (χ2v) is 7.46. The average molecular weight is 386 g/mol. The number of nitrogens with zero attached hydrogens (tertiary/aromatic N) is 3. The van der Waals surface area contributed by atoms with Crippen LogP contribution in [-0.4, -0.2) is 45.1 Å². The van der Waals surface area contributed by atoms with Gasteiger partial charge in [0.15, 0.2) is 5.16 Å². The summed E-state index contributed by atoms with van der Waals surface area (Å²) >= 11 is 1.21. The number of anilines is 1. The molecule has 1 N–H and O–H groups in total. The molecule has 0 bridgehead atoms. The minimum absolute atomic E-state index is 0.0340. The standard InChI is InChI=1S/C19H22N4O3S/c1-13-5-7-14(8-6-13)21-17(25)15-11-20-19(22(2)18(15)26)27-12-16(24)23-9-3-4-10-23/h5-8,11H,3-4,9-10,12H2,1-2H3,(H,21,25). The number of likely N-dealkylation sites (tertiary alicyclic amines) is 1. The van der Waals surface area contributed by atoms with Crippen LogP contribution in [-0.2, 0) is 11.8 Å². The summed E-state index contributed by atoms with van der Waals surface area (Å²) in [6, 6.07) is 7.31. The number of rotatable bonds is 5. The molecule has 2 aromatic rings. The monoisotopic (exact) mass is 386 g/mol. The summed E-state index contributed by atoms with van der Waals surface area (Å²) in [7, 11) is 1.56. The van der Waals surface area contributed by atoms with Gasteiger partial charge in [-0.3, -0.25) is 19.0 Å². The molecule has 1 saturated heterocycles. The third-order valence-electron chi connectivity index (χ3n) is 4.46. The normalized spacial score (nSPS) is 13.6. The molecule has 1 aromatic carbocycles. The second kappa shape index (κ2) is 8.39. The van der Waals surface area contributed by atoms with Crippen LogP contribution >= 0.6 is 11.8 Å². The van der Waals surface area contributed by atoms with Gasteiger partial charge in [0.05, 0.1) is 5.75 Å². The lowest BCUT2D eigenvalue weighted by molar-refractivity contribution is -0.127. The number of carbonyl (C=O) groups excluding carboxylic acids is 2. The van der Waals surface area contributed by atoms with Crippen molar-refractivity contribution in [2.24, 2.45) is 7.05 Å². The van der Waals surface area contributed by atoms with E-state index in [9.17, 15) is 14.4 Å². The van der Waals surface area contributed by atoms with Crippen LogP contribution < -0.4 is 10.9 Å². The van der Waals surface area contributed by atoms with E-state index in [1.807, 2.05) is 24.0 Å². The highest BCUT2D eigenvalue weighted by Gasteiger charge is 2.20. The Hall–Kier alpha value is -2.61. The highest BCUT2D eigenvalue weighted by Crippen LogP contribution is 2.16. The molecule has 1 fully saturated rings. The summed E-state index contributed by atoms with van der Waals surface area (Å²) in [4.78, 5) is 43.1. The molecule has 0 aliphatic carbocycles. The van der Waals surface area contributed by atoms with E-state index in [0.29, 0.717) is 10.8 Å². The van der Waals surface area contributed by atoms with Gasteiger partial charge in [0.25, 0.3) is 11.5 Å². The highest BCUT2D eigenvalue weighted by molar-refractivity contribution is 7.99. The number of nitrogens with one attached hydrogen (secondary N) is 1. The molecule has 7 nitrogen and oxygen atoms in total. The first-order valence-electron chi connectivity index (χ1n) is 8.80. The van der Waals surface area contributed by atoms with Gasteiger partial charge in [-0.2, -0.15) is 0 Å². The number of carbonyl (C=O) groups is 2. The molecule has 0 radical (unpaired) electrons. The Labute approximate surface area is 161 Å². The van der Waals surface area contributed by atoms with Crippen molar-refractivity contribution >= 4 is 29.3 Å². The molecule has 1 aromatic heterocycles. The van der Waals surface area contributed by atoms with E-state index in [2.05, 4.69) is 10.3 Å². The van der Waals surface area contributed by atoms with Gasteiger partial charge in [-0.25, -0.2) is 4.98 Å². The maximum absolute atomic E-state index is 12.5. The third-order valence-corrected chi connectivity index (χ3v) is 5.49. The number of benzene rings is 1. The van der Waals surface area contributed by atoms with Gasteiger partial charge in [0, 0.05) is 32.0 Å². The van der Waals surface area contributed by atoms with E-state index in [4.69, 9.17) is 0 Å². The Balaban J connectivity index is 1.68. The topological polar surface area (TPSA) is 84.3 Å². The molecule has 2 heterocycles. The number of thioether (sulfide) groups is 1. The van der Waals surface area contributed by atoms with E-state index in [-0.39, 0.29) is 17.2 Å². The van der Waals surface area contributed by atoms with Crippen LogP contribution in [0.15, 0.2) is 40.4 Å². The Kier molecular flexibility index (Phi) is 5.95. The summed E-state index contributed by atoms with van der Waals surface area (Å²) in [5.41, 5.74) is 1.22. The predicted octanol–water partition coefficient (Wildman–Crippen LogP) is 2.06. The Bertz CT molecular complexity index is 902. The summed E-state index contributed by atoms with van der Waals surface area (Å²) in [6.07, 6.45) is 3.35. The van der Waals surface area contributed by atoms with Crippen molar-refractivity contribution < 1.29 is 9.59 Å². The zero-order valence-electron chi connectivity index (χ0n) is 15.4. The van der Waals surface area contributed by atoms with Crippen LogP contribution in [0.5, 0.6) is 0 Å². The van der Waals surface area contributed by atoms with Crippen molar-refractivity contribution in [1.82, 2.24) is 14.5 Å². The minimum Gasteiger partial charge on any atom is -0.342 e. The van der Waals surface area contributed by atoms with Crippen molar-refractivity contribution in [2.45, 2.75) is 24.9 Å². The van der Waals surface area contributed by atoms with Crippen molar-refractivity contribution in [3.05, 3.63) is 51.9 Å². The number of hydrogen-bond donors (Lipinski definition) is 1. The molecule has 0 unspecified atom stereocenters. The van der Waals surface area contributed by atoms with Crippen molar-refractivity contribution in [2.75, 3.05) is 24.2 Å². The van der Waals surface area contributed by atoms with Crippen LogP contribution in [0.2, 0.25) is 0 Å². The lowest BCUT2D eigenvalue weighted by Crippen LogP contribution is -2.31. The van der Waals surface area contributed by atoms with Crippen LogP contribution in [0.3, 0.4) is 0 Å². The van der Waals surface area contributed by atoms with Crippen molar-refractivity contribution in [3.63, 3.8) is 0 Å². The smallest absolute Gasteiger partial charge is 0.266 e. The number of amides is 2. The minimum atomic E-state index is -0.503. The van der Waals surface area contributed by atoms with Gasteiger partial charge in [0.2, 0.25) is 5.91 Å². The molecule has 142 valence electrons. The van der Waals surface area contributed by atoms with E-state index < -0.39 is 11.5 Å². The largest absolute Gasteiger partial charge is 0.342 e. The summed E-state index contributed by atoms with van der Waals surface area (Å²) < 4.78 is 1.31. The van der Waals surface area contributed by atoms with Gasteiger partial charge >= 0.3 is 0 Å². The molecule has 0 saturated carbocycles. The number of hydrogen-bond acceptors (Lipinski definition) is 5. The quantitative estimate of drug-likeness (QED) is 0.628. The average Bonchev–Trinajstić information content (AvgIpc) is 3.19. The molecule has 1 aliphatic rings. The van der Waals surface area contributed by atoms with Crippen LogP contribution in [0, 0.1) is 6.92 Å². The summed E-state index contributed by atoms with van der Waals surface area (Å²) in [6.45, 7) is 3.55. The van der Waals surface area contributed by atoms with E-state index in [1.54, 1.807) is 19.2 Å². The first-order valence-corrected chi connectivity index (χ1v) is 9.79. The van der Waals surface area contributed by atoms with Gasteiger partial charge in [-0.1, -0.05) is 29.5 Å². The van der Waals surface area contributed by atoms with Crippen molar-refractivity contribution in [1.29, 1.82) is 0 Å². The Morgan fingerprint density at radius 3 is 2.52 bits per heavy atom. The highest BCUT2D eigenvalue weighted by atomic mass is 32.2. The Morgan fingerprint density at radius 2 is 1.85 bits per heavy atom. The number of aromatic nitrogens is 2. The fraction of sp³-hybridized carbons (Fsp3) is 0.368. The predicted molar refractivity (Wildman–Crippen MR) is 105 cm³/mol. The van der Waals surface area contributed by atoms with Gasteiger partial charge in [0.1, 0.15) is 5.56 Å². The van der Waals surface area contributed by atoms with Crippen LogP contribution in [0.4, 0.5) is 5.69 Å². The zero-order valence-corrected chi connectivity index (χ0v) is 16.2. The molecule has 0 atom stereocenters. The van der Waals surface area contributed by atoms with Gasteiger partial charge in [-0.05, 0) is 31.9 Å². The van der Waals surface area contributed by atoms with E-state index in [0.717, 1.165) is 31.5 Å². The third kappa shape index (κ3) is 4.57. The maximum atomic E-state index is 12.5. The molecule has 2 amide bonds. The molecule has 8 heteroatoms. The van der Waals surface area contributed by atoms with Crippen molar-refractivity contribution in [3.8, 4) is 0 Å². The lowest BCUT2D eigenvalue weighted by atomic mass is 10.2. The van der Waals surface area contributed by atoms with E-state index in [1.165, 1.54) is 22.5 Å². The molecule has 3 rings (SSSR count). The lowest BCUT2D eigenvalue weighted by Gasteiger charge is -2.15. The SMILES string of the molecule is Cc1ccc(NC(=O)c2cnc(SCC(=O)N3CCCC3)n(C)c2=O)cc1. The second-order valence-electron chi connectivity index (χ2n) is 6.52. The fourth-order valence-corrected chi connectivity index (χ4v) is 3.68. The van der Waals surface area contributed by atoms with Gasteiger partial charge in [-0.15, -0.1) is 0 Å². The first kappa shape index (κ1) is 19.2. The van der Waals surface area contributed by atoms with Crippen LogP contribution in [0.25, 0.3) is 0 Å². The molecule has 27 heavy (non-hydrogen) atoms. The zero-order chi connectivity index (χ0) is 19.4. The first-order chi connectivity index (χ1) is 13.0. The van der Waals surface area contributed by atoms with E-state index >= 15 is 0 Å². The maximum Gasteiger partial charge on any atom is 0.266 e. The molecule has 1 aliphatic heterocycles. The molecule has 0 spiro atoms.